The topological polar surface area (TPSA) is 83.0 Å². The summed E-state index contributed by atoms with van der Waals surface area (Å²) in [6.45, 7) is 10.4. The van der Waals surface area contributed by atoms with Gasteiger partial charge in [0.15, 0.2) is 5.96 Å². The number of ether oxygens (including phenoxy) is 1. The standard InChI is InChI=1S/C19H34N4O3S2/c1-4-20-19(21-10-6-5-7-16(2)3)22-15-17-8-9-18(27-17)28(24,25)23-11-13-26-14-12-23/h8-9,16H,4-7,10-15H2,1-3H3,(H2,20,21,22). The fourth-order valence-corrected chi connectivity index (χ4v) is 5.72. The fourth-order valence-electron chi connectivity index (χ4n) is 2.88. The summed E-state index contributed by atoms with van der Waals surface area (Å²) >= 11 is 1.30. The molecule has 9 heteroatoms. The van der Waals surface area contributed by atoms with E-state index >= 15 is 0 Å². The molecule has 1 fully saturated rings. The fraction of sp³-hybridized carbons (Fsp3) is 0.737. The maximum atomic E-state index is 12.7. The molecule has 0 atom stereocenters. The Balaban J connectivity index is 1.90. The van der Waals surface area contributed by atoms with Gasteiger partial charge in [0.2, 0.25) is 0 Å². The zero-order chi connectivity index (χ0) is 20.4. The molecule has 0 radical (unpaired) electrons. The van der Waals surface area contributed by atoms with Gasteiger partial charge in [-0.15, -0.1) is 11.3 Å². The first-order valence-corrected chi connectivity index (χ1v) is 12.4. The number of nitrogens with one attached hydrogen (secondary N) is 2. The predicted octanol–water partition coefficient (Wildman–Crippen LogP) is 2.65. The molecule has 0 spiro atoms. The molecule has 2 N–H and O–H groups in total. The average molecular weight is 431 g/mol. The third-order valence-corrected chi connectivity index (χ3v) is 7.88. The van der Waals surface area contributed by atoms with E-state index in [2.05, 4.69) is 29.5 Å². The van der Waals surface area contributed by atoms with Gasteiger partial charge in [-0.25, -0.2) is 13.4 Å². The Bertz CT molecular complexity index is 711. The number of guanidine groups is 1. The Labute approximate surface area is 173 Å². The van der Waals surface area contributed by atoms with E-state index in [-0.39, 0.29) is 0 Å². The van der Waals surface area contributed by atoms with Crippen LogP contribution in [0.1, 0.15) is 44.9 Å². The minimum absolute atomic E-state index is 0.381. The van der Waals surface area contributed by atoms with Crippen LogP contribution in [0.15, 0.2) is 21.3 Å². The molecule has 0 bridgehead atoms. The number of nitrogens with zero attached hydrogens (tertiary/aromatic N) is 2. The Hall–Kier alpha value is -1.16. The third kappa shape index (κ3) is 7.35. The zero-order valence-electron chi connectivity index (χ0n) is 17.2. The molecule has 0 saturated carbocycles. The van der Waals surface area contributed by atoms with Crippen LogP contribution in [0.25, 0.3) is 0 Å². The van der Waals surface area contributed by atoms with E-state index in [1.807, 2.05) is 13.0 Å². The molecule has 7 nitrogen and oxygen atoms in total. The van der Waals surface area contributed by atoms with Gasteiger partial charge in [0, 0.05) is 31.1 Å². The molecule has 0 aliphatic carbocycles. The first-order chi connectivity index (χ1) is 13.4. The summed E-state index contributed by atoms with van der Waals surface area (Å²) in [4.78, 5) is 5.53. The molecule has 2 rings (SSSR count). The molecule has 160 valence electrons. The minimum Gasteiger partial charge on any atom is -0.379 e. The second-order valence-electron chi connectivity index (χ2n) is 7.25. The summed E-state index contributed by atoms with van der Waals surface area (Å²) in [5, 5.41) is 6.60. The molecule has 1 aromatic heterocycles. The highest BCUT2D eigenvalue weighted by Gasteiger charge is 2.27. The summed E-state index contributed by atoms with van der Waals surface area (Å²) in [5.74, 6) is 1.52. The van der Waals surface area contributed by atoms with Crippen molar-refractivity contribution < 1.29 is 13.2 Å². The van der Waals surface area contributed by atoms with Gasteiger partial charge in [-0.1, -0.05) is 26.7 Å². The van der Waals surface area contributed by atoms with Crippen LogP contribution in [0.3, 0.4) is 0 Å². The minimum atomic E-state index is -3.43. The summed E-state index contributed by atoms with van der Waals surface area (Å²) in [7, 11) is -3.43. The van der Waals surface area contributed by atoms with Crippen molar-refractivity contribution in [2.24, 2.45) is 10.9 Å². The summed E-state index contributed by atoms with van der Waals surface area (Å²) in [6.07, 6.45) is 3.56. The van der Waals surface area contributed by atoms with Crippen molar-refractivity contribution in [2.45, 2.75) is 50.8 Å². The molecule has 2 heterocycles. The van der Waals surface area contributed by atoms with Crippen LogP contribution in [0.5, 0.6) is 0 Å². The van der Waals surface area contributed by atoms with Crippen LogP contribution < -0.4 is 10.6 Å². The largest absolute Gasteiger partial charge is 0.379 e. The van der Waals surface area contributed by atoms with Crippen LogP contribution in [-0.2, 0) is 21.3 Å². The molecule has 0 unspecified atom stereocenters. The highest BCUT2D eigenvalue weighted by Crippen LogP contribution is 2.26. The lowest BCUT2D eigenvalue weighted by Crippen LogP contribution is -2.40. The molecule has 0 amide bonds. The van der Waals surface area contributed by atoms with E-state index in [1.165, 1.54) is 28.5 Å². The highest BCUT2D eigenvalue weighted by atomic mass is 32.2. The van der Waals surface area contributed by atoms with E-state index in [1.54, 1.807) is 6.07 Å². The van der Waals surface area contributed by atoms with Crippen molar-refractivity contribution in [1.29, 1.82) is 0 Å². The van der Waals surface area contributed by atoms with Crippen molar-refractivity contribution in [2.75, 3.05) is 39.4 Å². The Morgan fingerprint density at radius 2 is 2.00 bits per heavy atom. The zero-order valence-corrected chi connectivity index (χ0v) is 18.9. The molecule has 28 heavy (non-hydrogen) atoms. The van der Waals surface area contributed by atoms with E-state index in [9.17, 15) is 8.42 Å². The number of aliphatic imine (C=N–C) groups is 1. The summed E-state index contributed by atoms with van der Waals surface area (Å²) < 4.78 is 32.6. The second-order valence-corrected chi connectivity index (χ2v) is 10.6. The number of thiophene rings is 1. The monoisotopic (exact) mass is 430 g/mol. The van der Waals surface area contributed by atoms with Gasteiger partial charge in [0.25, 0.3) is 10.0 Å². The van der Waals surface area contributed by atoms with Crippen molar-refractivity contribution in [3.8, 4) is 0 Å². The molecule has 1 aliphatic rings. The first-order valence-electron chi connectivity index (χ1n) is 10.1. The predicted molar refractivity (Wildman–Crippen MR) is 115 cm³/mol. The normalized spacial score (nSPS) is 16.5. The molecular formula is C19H34N4O3S2. The van der Waals surface area contributed by atoms with E-state index in [4.69, 9.17) is 4.74 Å². The number of rotatable bonds is 10. The van der Waals surface area contributed by atoms with E-state index in [0.717, 1.165) is 36.3 Å². The van der Waals surface area contributed by atoms with Gasteiger partial charge in [-0.3, -0.25) is 0 Å². The van der Waals surface area contributed by atoms with Crippen LogP contribution >= 0.6 is 11.3 Å². The van der Waals surface area contributed by atoms with Crippen molar-refractivity contribution in [3.05, 3.63) is 17.0 Å². The number of hydrogen-bond acceptors (Lipinski definition) is 5. The first kappa shape index (κ1) is 23.1. The quantitative estimate of drug-likeness (QED) is 0.339. The lowest BCUT2D eigenvalue weighted by molar-refractivity contribution is 0.0731. The molecule has 1 aromatic rings. The van der Waals surface area contributed by atoms with Gasteiger partial charge in [0.1, 0.15) is 4.21 Å². The third-order valence-electron chi connectivity index (χ3n) is 4.44. The average Bonchev–Trinajstić information content (AvgIpc) is 3.16. The van der Waals surface area contributed by atoms with Gasteiger partial charge in [0.05, 0.1) is 19.8 Å². The Morgan fingerprint density at radius 3 is 2.68 bits per heavy atom. The summed E-state index contributed by atoms with van der Waals surface area (Å²) in [5.41, 5.74) is 0. The molecular weight excluding hydrogens is 396 g/mol. The smallest absolute Gasteiger partial charge is 0.252 e. The van der Waals surface area contributed by atoms with Crippen LogP contribution in [0.4, 0.5) is 0 Å². The molecule has 1 saturated heterocycles. The Morgan fingerprint density at radius 1 is 1.25 bits per heavy atom. The number of hydrogen-bond donors (Lipinski definition) is 2. The van der Waals surface area contributed by atoms with Gasteiger partial charge in [-0.05, 0) is 31.4 Å². The van der Waals surface area contributed by atoms with Crippen LogP contribution in [-0.4, -0.2) is 58.1 Å². The number of sulfonamides is 1. The number of morpholine rings is 1. The second kappa shape index (κ2) is 11.7. The van der Waals surface area contributed by atoms with Crippen LogP contribution in [0, 0.1) is 5.92 Å². The van der Waals surface area contributed by atoms with Gasteiger partial charge >= 0.3 is 0 Å². The van der Waals surface area contributed by atoms with Crippen molar-refractivity contribution >= 4 is 27.3 Å². The lowest BCUT2D eigenvalue weighted by atomic mass is 10.1. The van der Waals surface area contributed by atoms with E-state index in [0.29, 0.717) is 37.1 Å². The van der Waals surface area contributed by atoms with Crippen molar-refractivity contribution in [3.63, 3.8) is 0 Å². The maximum Gasteiger partial charge on any atom is 0.252 e. The molecule has 0 aromatic carbocycles. The van der Waals surface area contributed by atoms with Gasteiger partial charge < -0.3 is 15.4 Å². The van der Waals surface area contributed by atoms with Gasteiger partial charge in [-0.2, -0.15) is 4.31 Å². The maximum absolute atomic E-state index is 12.7. The van der Waals surface area contributed by atoms with Crippen LogP contribution in [0.2, 0.25) is 0 Å². The number of unbranched alkanes of at least 4 members (excludes halogenated alkanes) is 1. The Kier molecular flexibility index (Phi) is 9.70. The van der Waals surface area contributed by atoms with Crippen molar-refractivity contribution in [1.82, 2.24) is 14.9 Å². The SMILES string of the molecule is CCNC(=NCc1ccc(S(=O)(=O)N2CCOCC2)s1)NCCCCC(C)C. The lowest BCUT2D eigenvalue weighted by Gasteiger charge is -2.25. The molecule has 1 aliphatic heterocycles. The van der Waals surface area contributed by atoms with E-state index < -0.39 is 10.0 Å². The summed E-state index contributed by atoms with van der Waals surface area (Å²) in [6, 6.07) is 3.54. The highest BCUT2D eigenvalue weighted by molar-refractivity contribution is 7.91.